The molecule has 1 aromatic carbocycles. The lowest BCUT2D eigenvalue weighted by Crippen LogP contribution is -1.97. The molecule has 3 rings (SSSR count). The third-order valence-electron chi connectivity index (χ3n) is 2.91. The second-order valence-electron chi connectivity index (χ2n) is 4.41. The van der Waals surface area contributed by atoms with Gasteiger partial charge >= 0.3 is 0 Å². The van der Waals surface area contributed by atoms with Crippen LogP contribution in [0.25, 0.3) is 0 Å². The highest BCUT2D eigenvalue weighted by molar-refractivity contribution is 6.29. The standard InChI is InChI=1S/C14H13ClN2O2/c1-18-10-4-2-3-5-11(10)19-13-8-12(15)16-14(17-13)9-6-7-9/h2-5,8-9H,6-7H2,1H3. The Morgan fingerprint density at radius 1 is 1.16 bits per heavy atom. The van der Waals surface area contributed by atoms with Crippen LogP contribution >= 0.6 is 11.6 Å². The van der Waals surface area contributed by atoms with Crippen molar-refractivity contribution in [3.05, 3.63) is 41.3 Å². The van der Waals surface area contributed by atoms with Gasteiger partial charge in [-0.15, -0.1) is 0 Å². The molecule has 5 heteroatoms. The first-order valence-corrected chi connectivity index (χ1v) is 6.49. The molecule has 0 aliphatic heterocycles. The Labute approximate surface area is 116 Å². The normalized spacial score (nSPS) is 14.2. The lowest BCUT2D eigenvalue weighted by atomic mass is 10.3. The molecule has 0 unspecified atom stereocenters. The maximum atomic E-state index is 6.00. The highest BCUT2D eigenvalue weighted by Gasteiger charge is 2.27. The Morgan fingerprint density at radius 3 is 2.58 bits per heavy atom. The summed E-state index contributed by atoms with van der Waals surface area (Å²) in [5, 5.41) is 0.404. The van der Waals surface area contributed by atoms with E-state index in [9.17, 15) is 0 Å². The van der Waals surface area contributed by atoms with Crippen molar-refractivity contribution in [2.75, 3.05) is 7.11 Å². The third kappa shape index (κ3) is 2.79. The smallest absolute Gasteiger partial charge is 0.224 e. The molecule has 2 aromatic rings. The second-order valence-corrected chi connectivity index (χ2v) is 4.80. The summed E-state index contributed by atoms with van der Waals surface area (Å²) in [7, 11) is 1.60. The van der Waals surface area contributed by atoms with Gasteiger partial charge in [0.15, 0.2) is 11.5 Å². The van der Waals surface area contributed by atoms with Crippen molar-refractivity contribution in [2.24, 2.45) is 0 Å². The topological polar surface area (TPSA) is 44.2 Å². The fourth-order valence-electron chi connectivity index (χ4n) is 1.81. The number of hydrogen-bond donors (Lipinski definition) is 0. The van der Waals surface area contributed by atoms with Crippen molar-refractivity contribution < 1.29 is 9.47 Å². The SMILES string of the molecule is COc1ccccc1Oc1cc(Cl)nc(C2CC2)n1. The van der Waals surface area contributed by atoms with Crippen molar-refractivity contribution in [3.63, 3.8) is 0 Å². The van der Waals surface area contributed by atoms with E-state index in [1.54, 1.807) is 13.2 Å². The van der Waals surface area contributed by atoms with Crippen LogP contribution in [-0.4, -0.2) is 17.1 Å². The molecule has 19 heavy (non-hydrogen) atoms. The van der Waals surface area contributed by atoms with Gasteiger partial charge in [0.25, 0.3) is 0 Å². The van der Waals surface area contributed by atoms with Gasteiger partial charge in [0.05, 0.1) is 7.11 Å². The van der Waals surface area contributed by atoms with Crippen LogP contribution in [0.5, 0.6) is 17.4 Å². The molecular weight excluding hydrogens is 264 g/mol. The number of nitrogens with zero attached hydrogens (tertiary/aromatic N) is 2. The van der Waals surface area contributed by atoms with Crippen LogP contribution in [0.3, 0.4) is 0 Å². The number of hydrogen-bond acceptors (Lipinski definition) is 4. The minimum Gasteiger partial charge on any atom is -0.493 e. The summed E-state index contributed by atoms with van der Waals surface area (Å²) >= 11 is 6.00. The van der Waals surface area contributed by atoms with E-state index in [0.717, 1.165) is 18.7 Å². The van der Waals surface area contributed by atoms with Gasteiger partial charge in [-0.1, -0.05) is 23.7 Å². The molecular formula is C14H13ClN2O2. The molecule has 0 atom stereocenters. The Balaban J connectivity index is 1.90. The zero-order chi connectivity index (χ0) is 13.2. The maximum Gasteiger partial charge on any atom is 0.224 e. The molecule has 0 bridgehead atoms. The summed E-state index contributed by atoms with van der Waals surface area (Å²) < 4.78 is 11.0. The van der Waals surface area contributed by atoms with Crippen molar-refractivity contribution in [1.82, 2.24) is 9.97 Å². The van der Waals surface area contributed by atoms with Crippen LogP contribution in [0.4, 0.5) is 0 Å². The summed E-state index contributed by atoms with van der Waals surface area (Å²) in [6, 6.07) is 9.03. The van der Waals surface area contributed by atoms with Crippen LogP contribution in [0.2, 0.25) is 5.15 Å². The highest BCUT2D eigenvalue weighted by atomic mass is 35.5. The van der Waals surface area contributed by atoms with Crippen molar-refractivity contribution in [3.8, 4) is 17.4 Å². The molecule has 98 valence electrons. The monoisotopic (exact) mass is 276 g/mol. The average molecular weight is 277 g/mol. The van der Waals surface area contributed by atoms with E-state index in [1.165, 1.54) is 0 Å². The molecule has 1 fully saturated rings. The van der Waals surface area contributed by atoms with Crippen LogP contribution in [0.15, 0.2) is 30.3 Å². The lowest BCUT2D eigenvalue weighted by Gasteiger charge is -2.10. The first kappa shape index (κ1) is 12.2. The predicted octanol–water partition coefficient (Wildman–Crippen LogP) is 3.81. The first-order chi connectivity index (χ1) is 9.26. The minimum absolute atomic E-state index is 0.404. The second kappa shape index (κ2) is 5.05. The van der Waals surface area contributed by atoms with Crippen molar-refractivity contribution in [2.45, 2.75) is 18.8 Å². The highest BCUT2D eigenvalue weighted by Crippen LogP contribution is 2.39. The van der Waals surface area contributed by atoms with Crippen LogP contribution < -0.4 is 9.47 Å². The van der Waals surface area contributed by atoms with E-state index in [-0.39, 0.29) is 0 Å². The zero-order valence-electron chi connectivity index (χ0n) is 10.5. The number of aromatic nitrogens is 2. The Morgan fingerprint density at radius 2 is 1.89 bits per heavy atom. The summed E-state index contributed by atoms with van der Waals surface area (Å²) in [6.45, 7) is 0. The Kier molecular flexibility index (Phi) is 3.25. The molecule has 1 saturated carbocycles. The number of para-hydroxylation sites is 2. The van der Waals surface area contributed by atoms with Crippen LogP contribution in [0.1, 0.15) is 24.6 Å². The third-order valence-corrected chi connectivity index (χ3v) is 3.11. The molecule has 1 aliphatic carbocycles. The van der Waals surface area contributed by atoms with E-state index in [2.05, 4.69) is 9.97 Å². The summed E-state index contributed by atoms with van der Waals surface area (Å²) in [6.07, 6.45) is 2.24. The number of rotatable bonds is 4. The molecule has 1 aromatic heterocycles. The van der Waals surface area contributed by atoms with Gasteiger partial charge in [-0.25, -0.2) is 4.98 Å². The fraction of sp³-hybridized carbons (Fsp3) is 0.286. The number of methoxy groups -OCH3 is 1. The van der Waals surface area contributed by atoms with E-state index >= 15 is 0 Å². The van der Waals surface area contributed by atoms with Gasteiger partial charge in [-0.3, -0.25) is 0 Å². The van der Waals surface area contributed by atoms with Gasteiger partial charge < -0.3 is 9.47 Å². The molecule has 1 heterocycles. The Bertz CT molecular complexity index is 600. The van der Waals surface area contributed by atoms with E-state index in [1.807, 2.05) is 24.3 Å². The van der Waals surface area contributed by atoms with E-state index in [0.29, 0.717) is 28.5 Å². The first-order valence-electron chi connectivity index (χ1n) is 6.11. The van der Waals surface area contributed by atoms with Crippen molar-refractivity contribution >= 4 is 11.6 Å². The maximum absolute atomic E-state index is 6.00. The summed E-state index contributed by atoms with van der Waals surface area (Å²) in [5.74, 6) is 2.91. The van der Waals surface area contributed by atoms with E-state index < -0.39 is 0 Å². The van der Waals surface area contributed by atoms with Gasteiger partial charge in [-0.05, 0) is 25.0 Å². The number of benzene rings is 1. The van der Waals surface area contributed by atoms with Gasteiger partial charge in [0.1, 0.15) is 11.0 Å². The molecule has 1 aliphatic rings. The van der Waals surface area contributed by atoms with Crippen molar-refractivity contribution in [1.29, 1.82) is 0 Å². The largest absolute Gasteiger partial charge is 0.493 e. The number of ether oxygens (including phenoxy) is 2. The molecule has 0 N–H and O–H groups in total. The van der Waals surface area contributed by atoms with Crippen LogP contribution in [0, 0.1) is 0 Å². The molecule has 0 spiro atoms. The molecule has 0 radical (unpaired) electrons. The fourth-order valence-corrected chi connectivity index (χ4v) is 1.99. The summed E-state index contributed by atoms with van der Waals surface area (Å²) in [5.41, 5.74) is 0. The zero-order valence-corrected chi connectivity index (χ0v) is 11.2. The predicted molar refractivity (Wildman–Crippen MR) is 72.1 cm³/mol. The molecule has 4 nitrogen and oxygen atoms in total. The lowest BCUT2D eigenvalue weighted by molar-refractivity contribution is 0.373. The minimum atomic E-state index is 0.404. The molecule has 0 saturated heterocycles. The van der Waals surface area contributed by atoms with Gasteiger partial charge in [0, 0.05) is 12.0 Å². The van der Waals surface area contributed by atoms with Gasteiger partial charge in [-0.2, -0.15) is 4.98 Å². The average Bonchev–Trinajstić information content (AvgIpc) is 3.23. The quantitative estimate of drug-likeness (QED) is 0.797. The van der Waals surface area contributed by atoms with Crippen LogP contribution in [-0.2, 0) is 0 Å². The van der Waals surface area contributed by atoms with E-state index in [4.69, 9.17) is 21.1 Å². The Hall–Kier alpha value is -1.81. The molecule has 0 amide bonds. The van der Waals surface area contributed by atoms with Gasteiger partial charge in [0.2, 0.25) is 5.88 Å². The summed E-state index contributed by atoms with van der Waals surface area (Å²) in [4.78, 5) is 8.62. The number of halogens is 1.